The Morgan fingerprint density at radius 2 is 2.13 bits per heavy atom. The molecule has 1 rings (SSSR count). The molecule has 0 spiro atoms. The molecule has 0 heterocycles. The third-order valence-corrected chi connectivity index (χ3v) is 2.96. The molecule has 0 bridgehead atoms. The minimum atomic E-state index is -4.55. The summed E-state index contributed by atoms with van der Waals surface area (Å²) in [4.78, 5) is 0. The molecule has 1 fully saturated rings. The number of rotatable bonds is 6. The van der Waals surface area contributed by atoms with Crippen LogP contribution in [0.15, 0.2) is 0 Å². The van der Waals surface area contributed by atoms with Gasteiger partial charge in [0.05, 0.1) is 6.10 Å². The minimum absolute atomic E-state index is 0.322. The van der Waals surface area contributed by atoms with Gasteiger partial charge in [-0.3, -0.25) is 4.18 Å². The third-order valence-electron chi connectivity index (χ3n) is 2.45. The van der Waals surface area contributed by atoms with Crippen LogP contribution in [0, 0.1) is 5.92 Å². The fourth-order valence-electron chi connectivity index (χ4n) is 1.83. The van der Waals surface area contributed by atoms with Gasteiger partial charge in [0.2, 0.25) is 10.4 Å². The van der Waals surface area contributed by atoms with Crippen LogP contribution in [0.3, 0.4) is 0 Å². The molecule has 0 amide bonds. The van der Waals surface area contributed by atoms with Crippen LogP contribution in [0.1, 0.15) is 32.6 Å². The highest BCUT2D eigenvalue weighted by atomic mass is 32.3. The second-order valence-corrected chi connectivity index (χ2v) is 4.89. The maximum Gasteiger partial charge on any atom is 0.217 e. The zero-order valence-corrected chi connectivity index (χ0v) is 9.66. The van der Waals surface area contributed by atoms with Crippen LogP contribution in [0.4, 0.5) is 0 Å². The molecular formula is C9H17O5S-. The molecule has 15 heavy (non-hydrogen) atoms. The highest BCUT2D eigenvalue weighted by Crippen LogP contribution is 2.28. The standard InChI is InChI=1S/C9H18O5S/c1-2-5-13-7-8-3-4-9(6-8)14-15(10,11)12/h8-9H,2-7H2,1H3,(H,10,11,12)/p-1. The summed E-state index contributed by atoms with van der Waals surface area (Å²) in [5.74, 6) is 0.322. The first-order valence-corrected chi connectivity index (χ1v) is 6.56. The SMILES string of the molecule is CCCOCC1CCC(OS(=O)(=O)[O-])C1. The van der Waals surface area contributed by atoms with E-state index in [4.69, 9.17) is 4.74 Å². The Balaban J connectivity index is 2.21. The van der Waals surface area contributed by atoms with Gasteiger partial charge in [-0.15, -0.1) is 0 Å². The highest BCUT2D eigenvalue weighted by Gasteiger charge is 2.26. The molecule has 0 aromatic carbocycles. The van der Waals surface area contributed by atoms with E-state index < -0.39 is 16.5 Å². The lowest BCUT2D eigenvalue weighted by Gasteiger charge is -2.14. The van der Waals surface area contributed by atoms with Crippen molar-refractivity contribution in [3.63, 3.8) is 0 Å². The first-order chi connectivity index (χ1) is 7.01. The topological polar surface area (TPSA) is 75.7 Å². The van der Waals surface area contributed by atoms with Gasteiger partial charge < -0.3 is 9.29 Å². The molecule has 90 valence electrons. The van der Waals surface area contributed by atoms with Crippen LogP contribution in [0.2, 0.25) is 0 Å². The Morgan fingerprint density at radius 1 is 1.40 bits per heavy atom. The van der Waals surface area contributed by atoms with E-state index in [1.165, 1.54) is 0 Å². The molecule has 1 aliphatic carbocycles. The van der Waals surface area contributed by atoms with Gasteiger partial charge in [0.1, 0.15) is 0 Å². The highest BCUT2D eigenvalue weighted by molar-refractivity contribution is 7.80. The first-order valence-electron chi connectivity index (χ1n) is 5.23. The second kappa shape index (κ2) is 5.79. The largest absolute Gasteiger partial charge is 0.726 e. The fourth-order valence-corrected chi connectivity index (χ4v) is 2.34. The van der Waals surface area contributed by atoms with E-state index in [0.717, 1.165) is 19.4 Å². The molecule has 0 aliphatic heterocycles. The molecule has 0 saturated heterocycles. The molecule has 0 N–H and O–H groups in total. The van der Waals surface area contributed by atoms with Crippen molar-refractivity contribution in [3.05, 3.63) is 0 Å². The number of hydrogen-bond acceptors (Lipinski definition) is 5. The minimum Gasteiger partial charge on any atom is -0.726 e. The smallest absolute Gasteiger partial charge is 0.217 e. The van der Waals surface area contributed by atoms with Crippen LogP contribution in [-0.4, -0.2) is 32.3 Å². The average molecular weight is 237 g/mol. The molecule has 1 saturated carbocycles. The van der Waals surface area contributed by atoms with Crippen molar-refractivity contribution < 1.29 is 21.9 Å². The van der Waals surface area contributed by atoms with Crippen molar-refractivity contribution in [2.45, 2.75) is 38.7 Å². The molecule has 0 aromatic rings. The van der Waals surface area contributed by atoms with Crippen molar-refractivity contribution >= 4 is 10.4 Å². The summed E-state index contributed by atoms with van der Waals surface area (Å²) in [5.41, 5.74) is 0. The van der Waals surface area contributed by atoms with Crippen molar-refractivity contribution in [2.24, 2.45) is 5.92 Å². The zero-order chi connectivity index (χ0) is 11.3. The summed E-state index contributed by atoms with van der Waals surface area (Å²) < 4.78 is 40.8. The Bertz CT molecular complexity index is 274. The van der Waals surface area contributed by atoms with E-state index >= 15 is 0 Å². The molecule has 1 aliphatic rings. The van der Waals surface area contributed by atoms with Gasteiger partial charge >= 0.3 is 0 Å². The van der Waals surface area contributed by atoms with Crippen LogP contribution >= 0.6 is 0 Å². The molecule has 2 unspecified atom stereocenters. The van der Waals surface area contributed by atoms with Crippen molar-refractivity contribution in [3.8, 4) is 0 Å². The number of ether oxygens (including phenoxy) is 1. The maximum absolute atomic E-state index is 10.3. The molecule has 0 aromatic heterocycles. The van der Waals surface area contributed by atoms with Gasteiger partial charge in [0.25, 0.3) is 0 Å². The fraction of sp³-hybridized carbons (Fsp3) is 1.00. The second-order valence-electron chi connectivity index (χ2n) is 3.88. The van der Waals surface area contributed by atoms with Gasteiger partial charge in [-0.25, -0.2) is 8.42 Å². The van der Waals surface area contributed by atoms with E-state index in [1.54, 1.807) is 0 Å². The summed E-state index contributed by atoms with van der Waals surface area (Å²) in [6, 6.07) is 0. The summed E-state index contributed by atoms with van der Waals surface area (Å²) in [6.45, 7) is 3.39. The van der Waals surface area contributed by atoms with E-state index in [2.05, 4.69) is 4.18 Å². The van der Waals surface area contributed by atoms with Crippen molar-refractivity contribution in [2.75, 3.05) is 13.2 Å². The average Bonchev–Trinajstić information content (AvgIpc) is 2.50. The van der Waals surface area contributed by atoms with E-state index in [0.29, 0.717) is 25.4 Å². The normalized spacial score (nSPS) is 27.1. The Labute approximate surface area is 90.7 Å². The van der Waals surface area contributed by atoms with Crippen molar-refractivity contribution in [1.82, 2.24) is 0 Å². The quantitative estimate of drug-likeness (QED) is 0.392. The van der Waals surface area contributed by atoms with Crippen molar-refractivity contribution in [1.29, 1.82) is 0 Å². The van der Waals surface area contributed by atoms with Crippen LogP contribution in [0.25, 0.3) is 0 Å². The lowest BCUT2D eigenvalue weighted by molar-refractivity contribution is 0.0952. The van der Waals surface area contributed by atoms with Gasteiger partial charge in [0.15, 0.2) is 0 Å². The Kier molecular flexibility index (Phi) is 4.98. The Morgan fingerprint density at radius 3 is 2.73 bits per heavy atom. The summed E-state index contributed by atoms with van der Waals surface area (Å²) >= 11 is 0. The van der Waals surface area contributed by atoms with Gasteiger partial charge in [0, 0.05) is 13.2 Å². The zero-order valence-electron chi connectivity index (χ0n) is 8.85. The van der Waals surface area contributed by atoms with Gasteiger partial charge in [-0.1, -0.05) is 6.92 Å². The van der Waals surface area contributed by atoms with E-state index in [9.17, 15) is 13.0 Å². The van der Waals surface area contributed by atoms with E-state index in [-0.39, 0.29) is 0 Å². The molecular weight excluding hydrogens is 220 g/mol. The molecule has 2 atom stereocenters. The lowest BCUT2D eigenvalue weighted by atomic mass is 10.1. The Hall–Kier alpha value is -0.170. The molecule has 0 radical (unpaired) electrons. The monoisotopic (exact) mass is 237 g/mol. The predicted octanol–water partition coefficient (Wildman–Crippen LogP) is 1.06. The third kappa shape index (κ3) is 5.46. The lowest BCUT2D eigenvalue weighted by Crippen LogP contribution is -2.16. The van der Waals surface area contributed by atoms with Crippen LogP contribution in [0.5, 0.6) is 0 Å². The van der Waals surface area contributed by atoms with Gasteiger partial charge in [-0.2, -0.15) is 0 Å². The van der Waals surface area contributed by atoms with Crippen LogP contribution < -0.4 is 0 Å². The van der Waals surface area contributed by atoms with E-state index in [1.807, 2.05) is 6.92 Å². The predicted molar refractivity (Wildman–Crippen MR) is 53.0 cm³/mol. The summed E-state index contributed by atoms with van der Waals surface area (Å²) in [6.07, 6.45) is 2.63. The first kappa shape index (κ1) is 12.9. The van der Waals surface area contributed by atoms with Crippen LogP contribution in [-0.2, 0) is 19.3 Å². The molecule has 5 nitrogen and oxygen atoms in total. The summed E-state index contributed by atoms with van der Waals surface area (Å²) in [5, 5.41) is 0. The van der Waals surface area contributed by atoms with Gasteiger partial charge in [-0.05, 0) is 31.6 Å². The summed E-state index contributed by atoms with van der Waals surface area (Å²) in [7, 11) is -4.55. The number of hydrogen-bond donors (Lipinski definition) is 0. The molecule has 6 heteroatoms. The maximum atomic E-state index is 10.3.